The van der Waals surface area contributed by atoms with E-state index >= 15 is 0 Å². The standard InChI is InChI=1S/C11H22N2O3/c1-2-12-9-10(14)13-8-6-4-3-5-7-11(15)16/h12H,2-9H2,1H3,(H,13,14)(H,15,16). The second kappa shape index (κ2) is 10.4. The first-order valence-corrected chi connectivity index (χ1v) is 5.86. The van der Waals surface area contributed by atoms with Crippen LogP contribution >= 0.6 is 0 Å². The molecular weight excluding hydrogens is 208 g/mol. The summed E-state index contributed by atoms with van der Waals surface area (Å²) >= 11 is 0. The molecule has 3 N–H and O–H groups in total. The molecule has 0 radical (unpaired) electrons. The summed E-state index contributed by atoms with van der Waals surface area (Å²) in [6.45, 7) is 3.80. The van der Waals surface area contributed by atoms with Crippen molar-refractivity contribution in [2.75, 3.05) is 19.6 Å². The van der Waals surface area contributed by atoms with Crippen LogP contribution in [0.15, 0.2) is 0 Å². The van der Waals surface area contributed by atoms with E-state index < -0.39 is 5.97 Å². The highest BCUT2D eigenvalue weighted by molar-refractivity contribution is 5.77. The number of carbonyl (C=O) groups is 2. The maximum atomic E-state index is 11.1. The highest BCUT2D eigenvalue weighted by Crippen LogP contribution is 2.01. The zero-order chi connectivity index (χ0) is 12.2. The van der Waals surface area contributed by atoms with Gasteiger partial charge in [-0.05, 0) is 19.4 Å². The molecule has 0 bridgehead atoms. The predicted octanol–water partition coefficient (Wildman–Crippen LogP) is 0.747. The van der Waals surface area contributed by atoms with E-state index in [0.29, 0.717) is 13.1 Å². The first kappa shape index (κ1) is 14.9. The van der Waals surface area contributed by atoms with Crippen molar-refractivity contribution in [3.05, 3.63) is 0 Å². The molecule has 0 saturated heterocycles. The van der Waals surface area contributed by atoms with Crippen LogP contribution in [0.3, 0.4) is 0 Å². The summed E-state index contributed by atoms with van der Waals surface area (Å²) in [5.41, 5.74) is 0. The van der Waals surface area contributed by atoms with Crippen LogP contribution in [-0.4, -0.2) is 36.6 Å². The molecule has 0 aliphatic heterocycles. The van der Waals surface area contributed by atoms with Crippen LogP contribution in [0.4, 0.5) is 0 Å². The number of carboxylic acids is 1. The lowest BCUT2D eigenvalue weighted by Crippen LogP contribution is -2.34. The summed E-state index contributed by atoms with van der Waals surface area (Å²) in [7, 11) is 0. The average molecular weight is 230 g/mol. The maximum absolute atomic E-state index is 11.1. The van der Waals surface area contributed by atoms with E-state index in [9.17, 15) is 9.59 Å². The molecule has 0 rings (SSSR count). The van der Waals surface area contributed by atoms with E-state index in [2.05, 4.69) is 10.6 Å². The quantitative estimate of drug-likeness (QED) is 0.484. The number of carbonyl (C=O) groups excluding carboxylic acids is 1. The van der Waals surface area contributed by atoms with Gasteiger partial charge in [-0.15, -0.1) is 0 Å². The Balaban J connectivity index is 3.14. The summed E-state index contributed by atoms with van der Waals surface area (Å²) in [6.07, 6.45) is 3.76. The van der Waals surface area contributed by atoms with Crippen LogP contribution in [0.5, 0.6) is 0 Å². The molecule has 0 spiro atoms. The molecule has 0 aromatic carbocycles. The number of aliphatic carboxylic acids is 1. The first-order valence-electron chi connectivity index (χ1n) is 5.86. The van der Waals surface area contributed by atoms with Gasteiger partial charge in [0.1, 0.15) is 0 Å². The van der Waals surface area contributed by atoms with Gasteiger partial charge < -0.3 is 15.7 Å². The number of amides is 1. The number of rotatable bonds is 10. The summed E-state index contributed by atoms with van der Waals surface area (Å²) in [4.78, 5) is 21.3. The molecular formula is C11H22N2O3. The second-order valence-electron chi connectivity index (χ2n) is 3.69. The van der Waals surface area contributed by atoms with Crippen molar-refractivity contribution < 1.29 is 14.7 Å². The van der Waals surface area contributed by atoms with Crippen molar-refractivity contribution >= 4 is 11.9 Å². The molecule has 0 saturated carbocycles. The summed E-state index contributed by atoms with van der Waals surface area (Å²) in [5.74, 6) is -0.716. The van der Waals surface area contributed by atoms with Gasteiger partial charge in [-0.25, -0.2) is 0 Å². The number of carboxylic acid groups (broad SMARTS) is 1. The van der Waals surface area contributed by atoms with Gasteiger partial charge in [0.15, 0.2) is 0 Å². The number of hydrogen-bond donors (Lipinski definition) is 3. The predicted molar refractivity (Wildman–Crippen MR) is 62.3 cm³/mol. The second-order valence-corrected chi connectivity index (χ2v) is 3.69. The molecule has 5 heteroatoms. The van der Waals surface area contributed by atoms with Crippen LogP contribution in [0.1, 0.15) is 39.0 Å². The fraction of sp³-hybridized carbons (Fsp3) is 0.818. The third-order valence-electron chi connectivity index (χ3n) is 2.18. The monoisotopic (exact) mass is 230 g/mol. The van der Waals surface area contributed by atoms with E-state index in [1.165, 1.54) is 0 Å². The van der Waals surface area contributed by atoms with Gasteiger partial charge in [-0.1, -0.05) is 19.8 Å². The van der Waals surface area contributed by atoms with Crippen LogP contribution in [0.25, 0.3) is 0 Å². The average Bonchev–Trinajstić information content (AvgIpc) is 2.24. The smallest absolute Gasteiger partial charge is 0.303 e. The molecule has 0 heterocycles. The van der Waals surface area contributed by atoms with Crippen molar-refractivity contribution in [3.63, 3.8) is 0 Å². The van der Waals surface area contributed by atoms with E-state index in [-0.39, 0.29) is 12.3 Å². The number of likely N-dealkylation sites (N-methyl/N-ethyl adjacent to an activating group) is 1. The Labute approximate surface area is 96.6 Å². The molecule has 0 fully saturated rings. The Morgan fingerprint density at radius 1 is 1.12 bits per heavy atom. The molecule has 0 aliphatic carbocycles. The molecule has 16 heavy (non-hydrogen) atoms. The van der Waals surface area contributed by atoms with Crippen molar-refractivity contribution in [3.8, 4) is 0 Å². The van der Waals surface area contributed by atoms with Crippen LogP contribution in [-0.2, 0) is 9.59 Å². The largest absolute Gasteiger partial charge is 0.481 e. The normalized spacial score (nSPS) is 10.1. The summed E-state index contributed by atoms with van der Waals surface area (Å²) in [6, 6.07) is 0. The lowest BCUT2D eigenvalue weighted by Gasteiger charge is -2.05. The SMILES string of the molecule is CCNCC(=O)NCCCCCCC(=O)O. The van der Waals surface area contributed by atoms with Crippen LogP contribution in [0.2, 0.25) is 0 Å². The third kappa shape index (κ3) is 11.0. The topological polar surface area (TPSA) is 78.4 Å². The minimum Gasteiger partial charge on any atom is -0.481 e. The molecule has 1 amide bonds. The number of nitrogens with one attached hydrogen (secondary N) is 2. The fourth-order valence-corrected chi connectivity index (χ4v) is 1.28. The highest BCUT2D eigenvalue weighted by Gasteiger charge is 1.99. The number of hydrogen-bond acceptors (Lipinski definition) is 3. The first-order chi connectivity index (χ1) is 7.66. The molecule has 0 aliphatic rings. The van der Waals surface area contributed by atoms with E-state index in [1.54, 1.807) is 0 Å². The minimum absolute atomic E-state index is 0.0207. The Hall–Kier alpha value is -1.10. The van der Waals surface area contributed by atoms with E-state index in [4.69, 9.17) is 5.11 Å². The Morgan fingerprint density at radius 3 is 2.44 bits per heavy atom. The molecule has 0 aromatic rings. The third-order valence-corrected chi connectivity index (χ3v) is 2.18. The van der Waals surface area contributed by atoms with Gasteiger partial charge in [-0.2, -0.15) is 0 Å². The zero-order valence-corrected chi connectivity index (χ0v) is 9.92. The molecule has 0 atom stereocenters. The Kier molecular flexibility index (Phi) is 9.70. The highest BCUT2D eigenvalue weighted by atomic mass is 16.4. The Morgan fingerprint density at radius 2 is 1.81 bits per heavy atom. The van der Waals surface area contributed by atoms with Crippen molar-refractivity contribution in [2.45, 2.75) is 39.0 Å². The minimum atomic E-state index is -0.737. The van der Waals surface area contributed by atoms with Crippen LogP contribution < -0.4 is 10.6 Å². The van der Waals surface area contributed by atoms with Gasteiger partial charge in [0.05, 0.1) is 6.54 Å². The van der Waals surface area contributed by atoms with E-state index in [1.807, 2.05) is 6.92 Å². The van der Waals surface area contributed by atoms with E-state index in [0.717, 1.165) is 32.2 Å². The van der Waals surface area contributed by atoms with Gasteiger partial charge in [0, 0.05) is 13.0 Å². The van der Waals surface area contributed by atoms with Crippen molar-refractivity contribution in [1.82, 2.24) is 10.6 Å². The van der Waals surface area contributed by atoms with Crippen molar-refractivity contribution in [2.24, 2.45) is 0 Å². The van der Waals surface area contributed by atoms with Gasteiger partial charge in [0.25, 0.3) is 0 Å². The molecule has 94 valence electrons. The molecule has 5 nitrogen and oxygen atoms in total. The van der Waals surface area contributed by atoms with Crippen LogP contribution in [0, 0.1) is 0 Å². The molecule has 0 aromatic heterocycles. The molecule has 0 unspecified atom stereocenters. The summed E-state index contributed by atoms with van der Waals surface area (Å²) in [5, 5.41) is 14.2. The summed E-state index contributed by atoms with van der Waals surface area (Å²) < 4.78 is 0. The zero-order valence-electron chi connectivity index (χ0n) is 9.92. The fourth-order valence-electron chi connectivity index (χ4n) is 1.28. The van der Waals surface area contributed by atoms with Gasteiger partial charge >= 0.3 is 5.97 Å². The number of unbranched alkanes of at least 4 members (excludes halogenated alkanes) is 3. The lowest BCUT2D eigenvalue weighted by atomic mass is 10.1. The Bertz CT molecular complexity index is 207. The van der Waals surface area contributed by atoms with Gasteiger partial charge in [-0.3, -0.25) is 9.59 Å². The lowest BCUT2D eigenvalue weighted by molar-refractivity contribution is -0.137. The van der Waals surface area contributed by atoms with Crippen molar-refractivity contribution in [1.29, 1.82) is 0 Å². The van der Waals surface area contributed by atoms with Gasteiger partial charge in [0.2, 0.25) is 5.91 Å². The maximum Gasteiger partial charge on any atom is 0.303 e.